The molecule has 0 bridgehead atoms. The molecule has 0 spiro atoms. The van der Waals surface area contributed by atoms with Gasteiger partial charge < -0.3 is 1.43 Å². The Balaban J connectivity index is 0. The van der Waals surface area contributed by atoms with Crippen molar-refractivity contribution in [2.24, 2.45) is 0 Å². The summed E-state index contributed by atoms with van der Waals surface area (Å²) in [5.74, 6) is 0. The molecule has 0 heterocycles. The van der Waals surface area contributed by atoms with E-state index >= 15 is 0 Å². The summed E-state index contributed by atoms with van der Waals surface area (Å²) in [6, 6.07) is 0. The Hall–Kier alpha value is 0.870. The van der Waals surface area contributed by atoms with Crippen molar-refractivity contribution in [2.45, 2.75) is 73.6 Å². The third-order valence-electron chi connectivity index (χ3n) is 2.52. The maximum atomic E-state index is 2.30. The third-order valence-corrected chi connectivity index (χ3v) is 7.18. The van der Waals surface area contributed by atoms with E-state index in [-0.39, 0.29) is 24.3 Å². The van der Waals surface area contributed by atoms with Crippen LogP contribution >= 0.6 is 0 Å². The third kappa shape index (κ3) is 12.9. The van der Waals surface area contributed by atoms with Crippen molar-refractivity contribution in [3.05, 3.63) is 0 Å². The van der Waals surface area contributed by atoms with Crippen LogP contribution in [0.5, 0.6) is 0 Å². The van der Waals surface area contributed by atoms with Gasteiger partial charge in [-0.1, -0.05) is 0 Å². The van der Waals surface area contributed by atoms with Gasteiger partial charge in [-0.3, -0.25) is 0 Å². The van der Waals surface area contributed by atoms with Gasteiger partial charge in [0.2, 0.25) is 0 Å². The Morgan fingerprint density at radius 1 is 0.692 bits per heavy atom. The minimum Gasteiger partial charge on any atom is -1.00 e. The zero-order valence-corrected chi connectivity index (χ0v) is 12.9. The first-order chi connectivity index (χ1) is 6.41. The maximum absolute atomic E-state index is 2.30. The van der Waals surface area contributed by atoms with Crippen molar-refractivity contribution in [2.75, 3.05) is 0 Å². The second-order valence-corrected chi connectivity index (χ2v) is 8.93. The number of unbranched alkanes of at least 4 members (excludes halogenated alkanes) is 6. The summed E-state index contributed by atoms with van der Waals surface area (Å²) in [6.07, 6.45) is 11.9. The van der Waals surface area contributed by atoms with Crippen LogP contribution in [0.15, 0.2) is 0 Å². The molecular weight excluding hydrogens is 259 g/mol. The van der Waals surface area contributed by atoms with E-state index in [2.05, 4.69) is 13.8 Å². The summed E-state index contributed by atoms with van der Waals surface area (Å²) in [7, 11) is 0. The molecule has 1 radical (unpaired) electrons. The Labute approximate surface area is 97.7 Å². The van der Waals surface area contributed by atoms with Crippen molar-refractivity contribution >= 4 is 22.9 Å². The molecule has 0 amide bonds. The van der Waals surface area contributed by atoms with E-state index in [0.29, 0.717) is 0 Å². The van der Waals surface area contributed by atoms with Crippen LogP contribution in [0.4, 0.5) is 0 Å². The number of hydrogen-bond acceptors (Lipinski definition) is 0. The van der Waals surface area contributed by atoms with Crippen LogP contribution in [0.25, 0.3) is 0 Å². The van der Waals surface area contributed by atoms with Crippen LogP contribution in [0.2, 0.25) is 8.35 Å². The molecular formula is C12H27In-. The Morgan fingerprint density at radius 2 is 1.15 bits per heavy atom. The summed E-state index contributed by atoms with van der Waals surface area (Å²) in [4.78, 5) is 0. The van der Waals surface area contributed by atoms with Crippen LogP contribution in [-0.2, 0) is 0 Å². The van der Waals surface area contributed by atoms with Crippen molar-refractivity contribution in [3.63, 3.8) is 0 Å². The minimum absolute atomic E-state index is 0. The summed E-state index contributed by atoms with van der Waals surface area (Å²) < 4.78 is 3.34. The number of hydrogen-bond donors (Lipinski definition) is 0. The van der Waals surface area contributed by atoms with Crippen LogP contribution < -0.4 is 0 Å². The average Bonchev–Trinajstić information content (AvgIpc) is 2.16. The first kappa shape index (κ1) is 13.9. The zero-order chi connectivity index (χ0) is 9.78. The molecule has 0 nitrogen and oxygen atoms in total. The van der Waals surface area contributed by atoms with Gasteiger partial charge in [0.1, 0.15) is 0 Å². The van der Waals surface area contributed by atoms with E-state index in [1.54, 1.807) is 21.2 Å². The van der Waals surface area contributed by atoms with Gasteiger partial charge in [-0.15, -0.1) is 0 Å². The molecule has 13 heavy (non-hydrogen) atoms. The molecule has 0 N–H and O–H groups in total. The fourth-order valence-corrected chi connectivity index (χ4v) is 5.69. The van der Waals surface area contributed by atoms with Crippen LogP contribution in [0, 0.1) is 0 Å². The average molecular weight is 286 g/mol. The molecule has 0 aliphatic heterocycles. The predicted molar refractivity (Wildman–Crippen MR) is 64.8 cm³/mol. The van der Waals surface area contributed by atoms with E-state index in [9.17, 15) is 0 Å². The quantitative estimate of drug-likeness (QED) is 0.506. The number of rotatable bonds is 10. The second kappa shape index (κ2) is 12.9. The molecule has 0 aromatic rings. The molecule has 1 heteroatoms. The van der Waals surface area contributed by atoms with E-state index in [4.69, 9.17) is 0 Å². The normalized spacial score (nSPS) is 10.3. The minimum atomic E-state index is -0.0583. The smallest absolute Gasteiger partial charge is 1.00 e. The fraction of sp³-hybridized carbons (Fsp3) is 1.00. The molecule has 0 aromatic carbocycles. The van der Waals surface area contributed by atoms with Crippen LogP contribution in [0.1, 0.15) is 66.6 Å². The van der Waals surface area contributed by atoms with Gasteiger partial charge in [0, 0.05) is 0 Å². The van der Waals surface area contributed by atoms with Gasteiger partial charge in [-0.05, 0) is 0 Å². The summed E-state index contributed by atoms with van der Waals surface area (Å²) >= 11 is -0.0583. The second-order valence-electron chi connectivity index (χ2n) is 3.99. The first-order valence-corrected chi connectivity index (χ1v) is 10.9. The van der Waals surface area contributed by atoms with Gasteiger partial charge in [0.15, 0.2) is 0 Å². The van der Waals surface area contributed by atoms with Gasteiger partial charge in [-0.25, -0.2) is 0 Å². The molecule has 0 aliphatic rings. The summed E-state index contributed by atoms with van der Waals surface area (Å²) in [5.41, 5.74) is 0. The van der Waals surface area contributed by atoms with Crippen molar-refractivity contribution in [1.82, 2.24) is 0 Å². The van der Waals surface area contributed by atoms with E-state index < -0.39 is 0 Å². The molecule has 0 rings (SSSR count). The molecule has 0 saturated carbocycles. The van der Waals surface area contributed by atoms with Crippen LogP contribution in [0.3, 0.4) is 0 Å². The van der Waals surface area contributed by atoms with E-state index in [1.165, 1.54) is 38.5 Å². The van der Waals surface area contributed by atoms with Crippen molar-refractivity contribution in [3.8, 4) is 0 Å². The van der Waals surface area contributed by atoms with Crippen LogP contribution in [-0.4, -0.2) is 22.9 Å². The summed E-state index contributed by atoms with van der Waals surface area (Å²) in [5, 5.41) is 0. The van der Waals surface area contributed by atoms with Gasteiger partial charge in [0.05, 0.1) is 0 Å². The Kier molecular flexibility index (Phi) is 13.7. The molecule has 0 aliphatic carbocycles. The fourth-order valence-electron chi connectivity index (χ4n) is 1.58. The standard InChI is InChI=1S/2C6H13.In.H/c2*1-3-5-6-4-2;;/h2*1,3-6H2,2H3;;/q;;;-1. The largest absolute Gasteiger partial charge is 1.00 e. The molecule has 0 fully saturated rings. The Morgan fingerprint density at radius 3 is 1.54 bits per heavy atom. The monoisotopic (exact) mass is 286 g/mol. The first-order valence-electron chi connectivity index (χ1n) is 6.23. The zero-order valence-electron chi connectivity index (χ0n) is 10.6. The molecule has 0 unspecified atom stereocenters. The van der Waals surface area contributed by atoms with Gasteiger partial charge >= 0.3 is 96.5 Å². The van der Waals surface area contributed by atoms with Crippen molar-refractivity contribution in [1.29, 1.82) is 0 Å². The molecule has 79 valence electrons. The van der Waals surface area contributed by atoms with E-state index in [0.717, 1.165) is 0 Å². The Bertz CT molecular complexity index is 76.4. The van der Waals surface area contributed by atoms with Crippen molar-refractivity contribution < 1.29 is 1.43 Å². The van der Waals surface area contributed by atoms with Gasteiger partial charge in [0.25, 0.3) is 0 Å². The SMILES string of the molecule is CCCCC[CH2][In][CH2]CCCCC.[H-]. The topological polar surface area (TPSA) is 0 Å². The molecule has 0 saturated heterocycles. The maximum Gasteiger partial charge on any atom is -1.00 e. The molecule has 0 atom stereocenters. The van der Waals surface area contributed by atoms with Gasteiger partial charge in [-0.2, -0.15) is 0 Å². The van der Waals surface area contributed by atoms with E-state index in [1.807, 2.05) is 0 Å². The molecule has 0 aromatic heterocycles. The predicted octanol–water partition coefficient (Wildman–Crippen LogP) is 4.80. The summed E-state index contributed by atoms with van der Waals surface area (Å²) in [6.45, 7) is 4.60.